The maximum absolute atomic E-state index is 4.53. The number of aryl methyl sites for hydroxylation is 1. The highest BCUT2D eigenvalue weighted by atomic mass is 79.9. The minimum atomic E-state index is 0.105. The summed E-state index contributed by atoms with van der Waals surface area (Å²) in [5.41, 5.74) is 2.43. The number of hydrogen-bond acceptors (Lipinski definition) is 1. The molecule has 0 radical (unpaired) electrons. The molecule has 1 aromatic carbocycles. The monoisotopic (exact) mass is 266 g/mol. The van der Waals surface area contributed by atoms with Crippen LogP contribution in [0, 0.1) is 0 Å². The Kier molecular flexibility index (Phi) is 2.38. The molecule has 80 valence electrons. The Morgan fingerprint density at radius 2 is 1.93 bits per heavy atom. The predicted octanol–water partition coefficient (Wildman–Crippen LogP) is 3.63. The molecule has 1 aromatic heterocycles. The fourth-order valence-electron chi connectivity index (χ4n) is 2.06. The maximum Gasteiger partial charge on any atom is 0.0937 e. The Morgan fingerprint density at radius 3 is 2.53 bits per heavy atom. The average Bonchev–Trinajstić information content (AvgIpc) is 2.41. The van der Waals surface area contributed by atoms with E-state index in [-0.39, 0.29) is 5.41 Å². The highest BCUT2D eigenvalue weighted by Gasteiger charge is 2.23. The molecule has 15 heavy (non-hydrogen) atoms. The lowest BCUT2D eigenvalue weighted by molar-refractivity contribution is 0.528. The lowest BCUT2D eigenvalue weighted by Gasteiger charge is -2.19. The molecule has 0 aliphatic heterocycles. The van der Waals surface area contributed by atoms with Gasteiger partial charge in [-0.2, -0.15) is 5.10 Å². The van der Waals surface area contributed by atoms with Gasteiger partial charge in [-0.15, -0.1) is 0 Å². The van der Waals surface area contributed by atoms with E-state index in [9.17, 15) is 0 Å². The van der Waals surface area contributed by atoms with Crippen molar-refractivity contribution in [2.75, 3.05) is 0 Å². The van der Waals surface area contributed by atoms with E-state index in [2.05, 4.69) is 53.9 Å². The Bertz CT molecular complexity index is 506. The molecule has 2 rings (SSSR count). The van der Waals surface area contributed by atoms with Crippen molar-refractivity contribution >= 4 is 26.8 Å². The quantitative estimate of drug-likeness (QED) is 0.712. The van der Waals surface area contributed by atoms with Crippen molar-refractivity contribution < 1.29 is 0 Å². The number of halogens is 1. The number of fused-ring (bicyclic) bond motifs is 1. The standard InChI is InChI=1S/C12H15BrN2/c1-12(2,3)11-10-8(13)6-5-7-9(10)14-15(11)4/h5-7H,1-4H3. The summed E-state index contributed by atoms with van der Waals surface area (Å²) in [6.07, 6.45) is 0. The van der Waals surface area contributed by atoms with E-state index < -0.39 is 0 Å². The number of benzene rings is 1. The average molecular weight is 267 g/mol. The summed E-state index contributed by atoms with van der Waals surface area (Å²) in [6.45, 7) is 6.63. The van der Waals surface area contributed by atoms with Crippen LogP contribution in [0.5, 0.6) is 0 Å². The third-order valence-electron chi connectivity index (χ3n) is 2.52. The number of rotatable bonds is 0. The first-order valence-electron chi connectivity index (χ1n) is 5.03. The Labute approximate surface area is 98.4 Å². The number of nitrogens with zero attached hydrogens (tertiary/aromatic N) is 2. The van der Waals surface area contributed by atoms with Gasteiger partial charge in [-0.25, -0.2) is 0 Å². The first-order valence-corrected chi connectivity index (χ1v) is 5.82. The first-order chi connectivity index (χ1) is 6.91. The van der Waals surface area contributed by atoms with Crippen LogP contribution < -0.4 is 0 Å². The third-order valence-corrected chi connectivity index (χ3v) is 3.18. The van der Waals surface area contributed by atoms with Gasteiger partial charge >= 0.3 is 0 Å². The van der Waals surface area contributed by atoms with Gasteiger partial charge < -0.3 is 0 Å². The molecule has 0 aliphatic rings. The topological polar surface area (TPSA) is 17.8 Å². The molecule has 0 bridgehead atoms. The second kappa shape index (κ2) is 3.34. The molecule has 0 amide bonds. The van der Waals surface area contributed by atoms with Crippen molar-refractivity contribution in [3.63, 3.8) is 0 Å². The van der Waals surface area contributed by atoms with E-state index >= 15 is 0 Å². The van der Waals surface area contributed by atoms with Crippen LogP contribution in [0.1, 0.15) is 26.5 Å². The lowest BCUT2D eigenvalue weighted by atomic mass is 9.89. The summed E-state index contributed by atoms with van der Waals surface area (Å²) in [4.78, 5) is 0. The molecule has 0 saturated heterocycles. The summed E-state index contributed by atoms with van der Waals surface area (Å²) >= 11 is 3.60. The minimum Gasteiger partial charge on any atom is -0.271 e. The van der Waals surface area contributed by atoms with Crippen LogP contribution in [0.3, 0.4) is 0 Å². The fourth-order valence-corrected chi connectivity index (χ4v) is 2.61. The second-order valence-corrected chi connectivity index (χ2v) is 5.71. The smallest absolute Gasteiger partial charge is 0.0937 e. The van der Waals surface area contributed by atoms with E-state index in [1.807, 2.05) is 17.8 Å². The molecule has 1 heterocycles. The molecule has 0 unspecified atom stereocenters. The van der Waals surface area contributed by atoms with E-state index in [0.29, 0.717) is 0 Å². The summed E-state index contributed by atoms with van der Waals surface area (Å²) in [5, 5.41) is 5.76. The van der Waals surface area contributed by atoms with Gasteiger partial charge in [-0.1, -0.05) is 42.8 Å². The van der Waals surface area contributed by atoms with Gasteiger partial charge in [0.15, 0.2) is 0 Å². The molecule has 0 aliphatic carbocycles. The highest BCUT2D eigenvalue weighted by molar-refractivity contribution is 9.10. The zero-order valence-electron chi connectivity index (χ0n) is 9.50. The van der Waals surface area contributed by atoms with Gasteiger partial charge in [0.1, 0.15) is 0 Å². The van der Waals surface area contributed by atoms with Crippen molar-refractivity contribution in [2.45, 2.75) is 26.2 Å². The van der Waals surface area contributed by atoms with Gasteiger partial charge in [0.2, 0.25) is 0 Å². The fraction of sp³-hybridized carbons (Fsp3) is 0.417. The normalized spacial score (nSPS) is 12.3. The highest BCUT2D eigenvalue weighted by Crippen LogP contribution is 2.33. The molecule has 2 nitrogen and oxygen atoms in total. The van der Waals surface area contributed by atoms with E-state index in [1.165, 1.54) is 11.1 Å². The molecule has 0 atom stereocenters. The van der Waals surface area contributed by atoms with Crippen molar-refractivity contribution in [3.8, 4) is 0 Å². The summed E-state index contributed by atoms with van der Waals surface area (Å²) in [7, 11) is 2.01. The van der Waals surface area contributed by atoms with E-state index in [1.54, 1.807) is 0 Å². The van der Waals surface area contributed by atoms with Crippen molar-refractivity contribution in [1.29, 1.82) is 0 Å². The molecule has 0 fully saturated rings. The zero-order valence-corrected chi connectivity index (χ0v) is 11.1. The zero-order chi connectivity index (χ0) is 11.2. The maximum atomic E-state index is 4.53. The van der Waals surface area contributed by atoms with E-state index in [4.69, 9.17) is 0 Å². The van der Waals surface area contributed by atoms with Crippen LogP contribution in [0.2, 0.25) is 0 Å². The van der Waals surface area contributed by atoms with Gasteiger partial charge in [-0.05, 0) is 12.1 Å². The summed E-state index contributed by atoms with van der Waals surface area (Å²) in [5.74, 6) is 0. The van der Waals surface area contributed by atoms with Crippen LogP contribution in [-0.4, -0.2) is 9.78 Å². The second-order valence-electron chi connectivity index (χ2n) is 4.86. The molecule has 2 aromatic rings. The van der Waals surface area contributed by atoms with Gasteiger partial charge in [0.25, 0.3) is 0 Å². The van der Waals surface area contributed by atoms with Gasteiger partial charge in [0.05, 0.1) is 11.2 Å². The molecular weight excluding hydrogens is 252 g/mol. The van der Waals surface area contributed by atoms with Crippen molar-refractivity contribution in [1.82, 2.24) is 9.78 Å². The van der Waals surface area contributed by atoms with Crippen LogP contribution in [0.25, 0.3) is 10.9 Å². The molecule has 0 N–H and O–H groups in total. The Hall–Kier alpha value is -0.830. The number of aromatic nitrogens is 2. The summed E-state index contributed by atoms with van der Waals surface area (Å²) < 4.78 is 3.10. The molecule has 3 heteroatoms. The van der Waals surface area contributed by atoms with Crippen LogP contribution in [0.15, 0.2) is 22.7 Å². The molecule has 0 saturated carbocycles. The van der Waals surface area contributed by atoms with Crippen LogP contribution in [-0.2, 0) is 12.5 Å². The third kappa shape index (κ3) is 1.69. The minimum absolute atomic E-state index is 0.105. The number of hydrogen-bond donors (Lipinski definition) is 0. The van der Waals surface area contributed by atoms with E-state index in [0.717, 1.165) is 9.99 Å². The van der Waals surface area contributed by atoms with Crippen LogP contribution >= 0.6 is 15.9 Å². The van der Waals surface area contributed by atoms with Crippen molar-refractivity contribution in [3.05, 3.63) is 28.4 Å². The van der Waals surface area contributed by atoms with Gasteiger partial charge in [-0.3, -0.25) is 4.68 Å². The van der Waals surface area contributed by atoms with Crippen LogP contribution in [0.4, 0.5) is 0 Å². The summed E-state index contributed by atoms with van der Waals surface area (Å²) in [6, 6.07) is 6.14. The molecule has 0 spiro atoms. The molecular formula is C12H15BrN2. The lowest BCUT2D eigenvalue weighted by Crippen LogP contribution is -2.16. The van der Waals surface area contributed by atoms with Crippen molar-refractivity contribution in [2.24, 2.45) is 7.05 Å². The first kappa shape index (κ1) is 10.7. The van der Waals surface area contributed by atoms with Gasteiger partial charge in [0, 0.05) is 22.3 Å². The Morgan fingerprint density at radius 1 is 1.27 bits per heavy atom. The predicted molar refractivity (Wildman–Crippen MR) is 67.1 cm³/mol. The largest absolute Gasteiger partial charge is 0.271 e. The Balaban J connectivity index is 2.89. The SMILES string of the molecule is Cn1nc2cccc(Br)c2c1C(C)(C)C.